The molecule has 0 spiro atoms. The van der Waals surface area contributed by atoms with Gasteiger partial charge in [0.05, 0.1) is 25.4 Å². The molecule has 0 heterocycles. The minimum atomic E-state index is -1.54. The van der Waals surface area contributed by atoms with E-state index in [9.17, 15) is 9.90 Å². The lowest BCUT2D eigenvalue weighted by Crippen LogP contribution is -2.25. The Hall–Kier alpha value is -2.91. The van der Waals surface area contributed by atoms with E-state index in [-0.39, 0.29) is 28.9 Å². The van der Waals surface area contributed by atoms with E-state index < -0.39 is 49.6 Å². The maximum absolute atomic E-state index is 15.2. The number of aryl methyl sites for hydroxylation is 3. The second-order valence-corrected chi connectivity index (χ2v) is 9.98. The zero-order valence-electron chi connectivity index (χ0n) is 23.3. The molecule has 2 unspecified atom stereocenters. The topological polar surface area (TPSA) is 96.2 Å². The number of aliphatic hydroxyl groups is 3. The number of halogens is 2. The third kappa shape index (κ3) is 10.6. The van der Waals surface area contributed by atoms with Gasteiger partial charge in [-0.15, -0.1) is 0 Å². The summed E-state index contributed by atoms with van der Waals surface area (Å²) in [4.78, 5) is 11.9. The molecule has 0 bridgehead atoms. The maximum atomic E-state index is 15.2. The molecule has 0 amide bonds. The zero-order chi connectivity index (χ0) is 29.5. The summed E-state index contributed by atoms with van der Waals surface area (Å²) in [6.07, 6.45) is 5.87. The van der Waals surface area contributed by atoms with Gasteiger partial charge in [0, 0.05) is 11.5 Å². The van der Waals surface area contributed by atoms with Crippen LogP contribution < -0.4 is 0 Å². The van der Waals surface area contributed by atoms with Crippen molar-refractivity contribution in [1.82, 2.24) is 0 Å². The average molecular weight is 561 g/mol. The zero-order valence-corrected chi connectivity index (χ0v) is 23.3. The van der Waals surface area contributed by atoms with Crippen molar-refractivity contribution in [1.29, 1.82) is 0 Å². The average Bonchev–Trinajstić information content (AvgIpc) is 2.97. The van der Waals surface area contributed by atoms with E-state index in [2.05, 4.69) is 44.3 Å². The molecule has 2 atom stereocenters. The van der Waals surface area contributed by atoms with E-state index in [1.165, 1.54) is 42.5 Å². The van der Waals surface area contributed by atoms with Crippen LogP contribution in [0.1, 0.15) is 67.2 Å². The number of ether oxygens (including phenoxy) is 2. The van der Waals surface area contributed by atoms with Crippen molar-refractivity contribution >= 4 is 5.97 Å². The van der Waals surface area contributed by atoms with Crippen LogP contribution in [0.4, 0.5) is 8.78 Å². The Morgan fingerprint density at radius 1 is 0.850 bits per heavy atom. The minimum absolute atomic E-state index is 0.0191. The molecule has 3 N–H and O–H groups in total. The molecule has 0 aliphatic rings. The Kier molecular flexibility index (Phi) is 14.7. The molecule has 40 heavy (non-hydrogen) atoms. The highest BCUT2D eigenvalue weighted by Gasteiger charge is 2.24. The van der Waals surface area contributed by atoms with Crippen molar-refractivity contribution in [2.75, 3.05) is 26.4 Å². The van der Waals surface area contributed by atoms with E-state index in [1.807, 2.05) is 0 Å². The Balaban J connectivity index is 2.01. The molecule has 0 aliphatic heterocycles. The van der Waals surface area contributed by atoms with Crippen molar-refractivity contribution in [3.63, 3.8) is 0 Å². The molecule has 8 heteroatoms. The molecule has 0 saturated carbocycles. The molecule has 0 saturated heterocycles. The summed E-state index contributed by atoms with van der Waals surface area (Å²) < 4.78 is 40.6. The van der Waals surface area contributed by atoms with Gasteiger partial charge in [-0.3, -0.25) is 0 Å². The largest absolute Gasteiger partial charge is 0.462 e. The second kappa shape index (κ2) is 17.7. The van der Waals surface area contributed by atoms with Crippen LogP contribution in [-0.2, 0) is 33.5 Å². The first-order valence-corrected chi connectivity index (χ1v) is 13.8. The summed E-state index contributed by atoms with van der Waals surface area (Å²) >= 11 is 0. The van der Waals surface area contributed by atoms with Gasteiger partial charge < -0.3 is 24.8 Å². The van der Waals surface area contributed by atoms with Crippen LogP contribution >= 0.6 is 0 Å². The van der Waals surface area contributed by atoms with Crippen molar-refractivity contribution in [3.05, 3.63) is 94.6 Å². The van der Waals surface area contributed by atoms with Crippen LogP contribution in [-0.4, -0.2) is 54.0 Å². The van der Waals surface area contributed by atoms with Gasteiger partial charge in [0.1, 0.15) is 6.61 Å². The number of unbranched alkanes of at least 4 members (excludes halogenated alkanes) is 3. The number of carbonyl (C=O) groups excluding carboxylic acids is 1. The van der Waals surface area contributed by atoms with Crippen LogP contribution in [0.25, 0.3) is 0 Å². The molecular formula is C32H42F2O6. The van der Waals surface area contributed by atoms with Gasteiger partial charge >= 0.3 is 5.97 Å². The molecule has 0 aromatic heterocycles. The monoisotopic (exact) mass is 560 g/mol. The first-order valence-electron chi connectivity index (χ1n) is 13.8. The van der Waals surface area contributed by atoms with E-state index in [0.717, 1.165) is 19.3 Å². The van der Waals surface area contributed by atoms with Crippen LogP contribution in [0.2, 0.25) is 0 Å². The van der Waals surface area contributed by atoms with Gasteiger partial charge in [-0.05, 0) is 60.8 Å². The van der Waals surface area contributed by atoms with Gasteiger partial charge in [0.2, 0.25) is 0 Å². The first-order chi connectivity index (χ1) is 19.2. The molecule has 2 aromatic rings. The van der Waals surface area contributed by atoms with Gasteiger partial charge in [0.25, 0.3) is 0 Å². The fourth-order valence-corrected chi connectivity index (χ4v) is 4.18. The molecular weight excluding hydrogens is 518 g/mol. The highest BCUT2D eigenvalue weighted by Crippen LogP contribution is 2.26. The second-order valence-electron chi connectivity index (χ2n) is 9.98. The lowest BCUT2D eigenvalue weighted by Gasteiger charge is -2.22. The van der Waals surface area contributed by atoms with E-state index in [0.29, 0.717) is 12.8 Å². The quantitative estimate of drug-likeness (QED) is 0.0708. The smallest absolute Gasteiger partial charge is 0.335 e. The fourth-order valence-electron chi connectivity index (χ4n) is 4.18. The third-order valence-electron chi connectivity index (χ3n) is 6.79. The summed E-state index contributed by atoms with van der Waals surface area (Å²) in [6.45, 7) is 7.12. The summed E-state index contributed by atoms with van der Waals surface area (Å²) in [5, 5.41) is 28.1. The Labute approximate surface area is 236 Å². The predicted octanol–water partition coefficient (Wildman–Crippen LogP) is 5.32. The molecule has 0 fully saturated rings. The maximum Gasteiger partial charge on any atom is 0.335 e. The van der Waals surface area contributed by atoms with Crippen LogP contribution in [0.5, 0.6) is 0 Å². The molecule has 0 aliphatic carbocycles. The standard InChI is InChI=1S/C32H42F2O6/c1-4-5-6-9-24-12-14-25(15-13-24)10-7-8-11-26-16-17-28(30(34)29(26)33)27(20-39-31(37)22(2)18-35)21-40-32(38)23(3)19-36/h12-17,27,31,35-37H,2-11,18-21H2,1H3. The summed E-state index contributed by atoms with van der Waals surface area (Å²) in [7, 11) is 0. The van der Waals surface area contributed by atoms with Gasteiger partial charge in [-0.1, -0.05) is 69.3 Å². The Morgan fingerprint density at radius 3 is 2.02 bits per heavy atom. The fraction of sp³-hybridized carbons (Fsp3) is 0.469. The minimum Gasteiger partial charge on any atom is -0.462 e. The SMILES string of the molecule is C=C(CO)C(=O)OCC(COC(O)C(=C)CO)c1ccc(CCCCc2ccc(CCCCC)cc2)c(F)c1F. The summed E-state index contributed by atoms with van der Waals surface area (Å²) in [5.41, 5.74) is 2.48. The number of esters is 1. The number of hydrogen-bond donors (Lipinski definition) is 3. The first kappa shape index (κ1) is 33.3. The van der Waals surface area contributed by atoms with E-state index >= 15 is 8.78 Å². The molecule has 2 aromatic carbocycles. The van der Waals surface area contributed by atoms with Crippen molar-refractivity contribution in [2.24, 2.45) is 0 Å². The van der Waals surface area contributed by atoms with Crippen LogP contribution in [0, 0.1) is 11.6 Å². The number of aliphatic hydroxyl groups excluding tert-OH is 3. The summed E-state index contributed by atoms with van der Waals surface area (Å²) in [5.74, 6) is -3.94. The highest BCUT2D eigenvalue weighted by molar-refractivity contribution is 5.87. The van der Waals surface area contributed by atoms with Gasteiger partial charge in [0.15, 0.2) is 17.9 Å². The van der Waals surface area contributed by atoms with Crippen LogP contribution in [0.3, 0.4) is 0 Å². The Bertz CT molecular complexity index is 1100. The number of carbonyl (C=O) groups is 1. The molecule has 0 radical (unpaired) electrons. The van der Waals surface area contributed by atoms with Crippen molar-refractivity contribution in [3.8, 4) is 0 Å². The number of rotatable bonds is 19. The Morgan fingerprint density at radius 2 is 1.45 bits per heavy atom. The normalized spacial score (nSPS) is 12.7. The molecule has 220 valence electrons. The summed E-state index contributed by atoms with van der Waals surface area (Å²) in [6, 6.07) is 11.5. The lowest BCUT2D eigenvalue weighted by molar-refractivity contribution is -0.141. The highest BCUT2D eigenvalue weighted by atomic mass is 19.2. The van der Waals surface area contributed by atoms with Crippen molar-refractivity contribution in [2.45, 2.75) is 70.5 Å². The van der Waals surface area contributed by atoms with E-state index in [1.54, 1.807) is 0 Å². The molecule has 6 nitrogen and oxygen atoms in total. The predicted molar refractivity (Wildman–Crippen MR) is 151 cm³/mol. The number of hydrogen-bond acceptors (Lipinski definition) is 6. The molecule has 2 rings (SSSR count). The van der Waals surface area contributed by atoms with E-state index in [4.69, 9.17) is 19.7 Å². The number of benzene rings is 2. The lowest BCUT2D eigenvalue weighted by atomic mass is 9.96. The third-order valence-corrected chi connectivity index (χ3v) is 6.79. The van der Waals surface area contributed by atoms with Crippen molar-refractivity contribution < 1.29 is 38.4 Å². The van der Waals surface area contributed by atoms with Gasteiger partial charge in [-0.25, -0.2) is 13.6 Å². The van der Waals surface area contributed by atoms with Crippen LogP contribution in [0.15, 0.2) is 60.7 Å². The van der Waals surface area contributed by atoms with Gasteiger partial charge in [-0.2, -0.15) is 0 Å².